The molecule has 0 bridgehead atoms. The molecule has 0 aromatic carbocycles. The quantitative estimate of drug-likeness (QED) is 0.569. The molecule has 0 saturated carbocycles. The number of anilines is 1. The maximum absolute atomic E-state index is 12.5. The summed E-state index contributed by atoms with van der Waals surface area (Å²) in [5, 5.41) is 15.3. The number of thiophene rings is 1. The molecule has 0 aliphatic rings. The predicted molar refractivity (Wildman–Crippen MR) is 96.0 cm³/mol. The van der Waals surface area contributed by atoms with Gasteiger partial charge in [0.15, 0.2) is 0 Å². The molecule has 0 radical (unpaired) electrons. The first kappa shape index (κ1) is 20.1. The molecule has 0 spiro atoms. The van der Waals surface area contributed by atoms with Crippen LogP contribution in [0.1, 0.15) is 49.4 Å². The Labute approximate surface area is 157 Å². The summed E-state index contributed by atoms with van der Waals surface area (Å²) in [4.78, 5) is 47.5. The van der Waals surface area contributed by atoms with E-state index in [1.807, 2.05) is 6.92 Å². The number of aliphatic carboxylic acids is 1. The summed E-state index contributed by atoms with van der Waals surface area (Å²) < 4.78 is 6.11. The summed E-state index contributed by atoms with van der Waals surface area (Å²) in [6, 6.07) is 1.34. The number of aromatic nitrogens is 2. The number of nitrogens with one attached hydrogen (secondary N) is 1. The van der Waals surface area contributed by atoms with Gasteiger partial charge in [-0.2, -0.15) is 5.10 Å². The third-order valence-electron chi connectivity index (χ3n) is 3.47. The number of ether oxygens (including phenoxy) is 1. The van der Waals surface area contributed by atoms with Crippen molar-refractivity contribution in [2.24, 2.45) is 5.73 Å². The number of hydrogen-bond acceptors (Lipinski definition) is 7. The van der Waals surface area contributed by atoms with Crippen molar-refractivity contribution in [2.45, 2.75) is 26.8 Å². The molecule has 0 aliphatic heterocycles. The number of nitrogens with zero attached hydrogens (tertiary/aromatic N) is 2. The van der Waals surface area contributed by atoms with Crippen molar-refractivity contribution in [3.05, 3.63) is 34.0 Å². The molecule has 0 saturated heterocycles. The van der Waals surface area contributed by atoms with Gasteiger partial charge in [0.1, 0.15) is 17.2 Å². The summed E-state index contributed by atoms with van der Waals surface area (Å²) in [5.74, 6) is -3.28. The minimum atomic E-state index is -1.17. The van der Waals surface area contributed by atoms with Gasteiger partial charge in [-0.25, -0.2) is 9.48 Å². The third kappa shape index (κ3) is 4.50. The normalized spacial score (nSPS) is 10.4. The highest BCUT2D eigenvalue weighted by atomic mass is 32.1. The molecule has 2 heterocycles. The van der Waals surface area contributed by atoms with E-state index in [2.05, 4.69) is 10.4 Å². The number of esters is 1. The molecule has 2 amide bonds. The number of rotatable bonds is 8. The Bertz CT molecular complexity index is 901. The first-order valence-electron chi connectivity index (χ1n) is 7.91. The van der Waals surface area contributed by atoms with Crippen molar-refractivity contribution in [1.82, 2.24) is 9.78 Å². The van der Waals surface area contributed by atoms with Crippen LogP contribution >= 0.6 is 11.3 Å². The molecule has 0 atom stereocenters. The molecule has 2 aromatic rings. The molecular formula is C16H18N4O6S. The molecule has 27 heavy (non-hydrogen) atoms. The van der Waals surface area contributed by atoms with Crippen molar-refractivity contribution in [1.29, 1.82) is 0 Å². The van der Waals surface area contributed by atoms with Gasteiger partial charge < -0.3 is 20.9 Å². The maximum Gasteiger partial charge on any atom is 0.341 e. The van der Waals surface area contributed by atoms with Gasteiger partial charge in [0.2, 0.25) is 0 Å². The Balaban J connectivity index is 2.37. The van der Waals surface area contributed by atoms with Gasteiger partial charge in [-0.15, -0.1) is 11.3 Å². The third-order valence-corrected chi connectivity index (χ3v) is 4.70. The molecule has 0 fully saturated rings. The van der Waals surface area contributed by atoms with Gasteiger partial charge in [0.05, 0.1) is 17.0 Å². The van der Waals surface area contributed by atoms with E-state index in [0.29, 0.717) is 12.0 Å². The fourth-order valence-corrected chi connectivity index (χ4v) is 3.34. The van der Waals surface area contributed by atoms with Crippen LogP contribution in [0.5, 0.6) is 0 Å². The molecule has 10 nitrogen and oxygen atoms in total. The van der Waals surface area contributed by atoms with Crippen LogP contribution in [-0.2, 0) is 16.1 Å². The number of primary amides is 1. The van der Waals surface area contributed by atoms with Gasteiger partial charge in [0, 0.05) is 6.20 Å². The van der Waals surface area contributed by atoms with Gasteiger partial charge in [-0.1, -0.05) is 6.92 Å². The van der Waals surface area contributed by atoms with E-state index < -0.39 is 30.3 Å². The Morgan fingerprint density at radius 2 is 2.07 bits per heavy atom. The van der Waals surface area contributed by atoms with Crippen LogP contribution in [-0.4, -0.2) is 45.2 Å². The zero-order valence-corrected chi connectivity index (χ0v) is 15.5. The predicted octanol–water partition coefficient (Wildman–Crippen LogP) is 1.26. The Morgan fingerprint density at radius 3 is 2.67 bits per heavy atom. The van der Waals surface area contributed by atoms with Crippen molar-refractivity contribution in [3.8, 4) is 0 Å². The van der Waals surface area contributed by atoms with Crippen LogP contribution in [0.2, 0.25) is 0 Å². The minimum Gasteiger partial charge on any atom is -0.480 e. The highest BCUT2D eigenvalue weighted by molar-refractivity contribution is 7.18. The molecule has 11 heteroatoms. The molecule has 0 aliphatic carbocycles. The van der Waals surface area contributed by atoms with E-state index in [1.54, 1.807) is 0 Å². The molecule has 144 valence electrons. The average molecular weight is 394 g/mol. The lowest BCUT2D eigenvalue weighted by Gasteiger charge is -2.08. The van der Waals surface area contributed by atoms with Crippen LogP contribution in [0.25, 0.3) is 0 Å². The van der Waals surface area contributed by atoms with Crippen molar-refractivity contribution < 1.29 is 29.0 Å². The van der Waals surface area contributed by atoms with Crippen molar-refractivity contribution >= 4 is 40.1 Å². The number of carbonyl (C=O) groups is 4. The summed E-state index contributed by atoms with van der Waals surface area (Å²) in [7, 11) is 0. The number of carboxylic acids is 1. The van der Waals surface area contributed by atoms with E-state index >= 15 is 0 Å². The summed E-state index contributed by atoms with van der Waals surface area (Å²) in [6.07, 6.45) is 1.89. The fraction of sp³-hybridized carbons (Fsp3) is 0.312. The van der Waals surface area contributed by atoms with Crippen LogP contribution in [0.15, 0.2) is 12.3 Å². The second kappa shape index (κ2) is 8.45. The topological polar surface area (TPSA) is 154 Å². The van der Waals surface area contributed by atoms with E-state index in [4.69, 9.17) is 15.6 Å². The number of carbonyl (C=O) groups excluding carboxylic acids is 3. The highest BCUT2D eigenvalue weighted by Crippen LogP contribution is 2.33. The fourth-order valence-electron chi connectivity index (χ4n) is 2.30. The Hall–Kier alpha value is -3.21. The largest absolute Gasteiger partial charge is 0.480 e. The Morgan fingerprint density at radius 1 is 1.37 bits per heavy atom. The zero-order chi connectivity index (χ0) is 20.1. The SMILES string of the molecule is CCCOC(=O)c1c(NC(=O)c2ccnn2CC(=O)O)sc(C(N)=O)c1C. The number of hydrogen-bond donors (Lipinski definition) is 3. The average Bonchev–Trinajstić information content (AvgIpc) is 3.16. The number of amides is 2. The first-order valence-corrected chi connectivity index (χ1v) is 8.73. The number of nitrogens with two attached hydrogens (primary N) is 1. The number of carboxylic acid groups (broad SMARTS) is 1. The molecular weight excluding hydrogens is 376 g/mol. The highest BCUT2D eigenvalue weighted by Gasteiger charge is 2.26. The van der Waals surface area contributed by atoms with Gasteiger partial charge in [-0.3, -0.25) is 14.4 Å². The lowest BCUT2D eigenvalue weighted by Crippen LogP contribution is -2.21. The van der Waals surface area contributed by atoms with Gasteiger partial charge in [-0.05, 0) is 25.0 Å². The molecule has 4 N–H and O–H groups in total. The molecule has 2 aromatic heterocycles. The monoisotopic (exact) mass is 394 g/mol. The molecule has 2 rings (SSSR count). The lowest BCUT2D eigenvalue weighted by atomic mass is 10.1. The van der Waals surface area contributed by atoms with E-state index in [0.717, 1.165) is 16.0 Å². The summed E-state index contributed by atoms with van der Waals surface area (Å²) in [6.45, 7) is 3.04. The van der Waals surface area contributed by atoms with Crippen LogP contribution in [0.4, 0.5) is 5.00 Å². The maximum atomic E-state index is 12.5. The van der Waals surface area contributed by atoms with Crippen LogP contribution in [0, 0.1) is 6.92 Å². The van der Waals surface area contributed by atoms with Crippen LogP contribution in [0.3, 0.4) is 0 Å². The smallest absolute Gasteiger partial charge is 0.341 e. The minimum absolute atomic E-state index is 0.0167. The molecule has 0 unspecified atom stereocenters. The summed E-state index contributed by atoms with van der Waals surface area (Å²) in [5.41, 5.74) is 5.66. The summed E-state index contributed by atoms with van der Waals surface area (Å²) >= 11 is 0.848. The van der Waals surface area contributed by atoms with Gasteiger partial charge >= 0.3 is 11.9 Å². The second-order valence-corrected chi connectivity index (χ2v) is 6.50. The Kier molecular flexibility index (Phi) is 6.29. The lowest BCUT2D eigenvalue weighted by molar-refractivity contribution is -0.137. The van der Waals surface area contributed by atoms with Crippen LogP contribution < -0.4 is 11.1 Å². The van der Waals surface area contributed by atoms with E-state index in [9.17, 15) is 19.2 Å². The van der Waals surface area contributed by atoms with Gasteiger partial charge in [0.25, 0.3) is 11.8 Å². The van der Waals surface area contributed by atoms with Crippen molar-refractivity contribution in [3.63, 3.8) is 0 Å². The first-order chi connectivity index (χ1) is 12.8. The van der Waals surface area contributed by atoms with E-state index in [1.165, 1.54) is 19.2 Å². The van der Waals surface area contributed by atoms with Crippen molar-refractivity contribution in [2.75, 3.05) is 11.9 Å². The standard InChI is InChI=1S/C16H18N4O6S/c1-3-6-26-16(25)11-8(2)12(13(17)23)27-15(11)19-14(24)9-4-5-18-20(9)7-10(21)22/h4-5H,3,6-7H2,1-2H3,(H2,17,23)(H,19,24)(H,21,22). The second-order valence-electron chi connectivity index (χ2n) is 5.48. The zero-order valence-electron chi connectivity index (χ0n) is 14.6. The van der Waals surface area contributed by atoms with E-state index in [-0.39, 0.29) is 27.7 Å².